The second-order valence-corrected chi connectivity index (χ2v) is 6.91. The summed E-state index contributed by atoms with van der Waals surface area (Å²) in [6, 6.07) is 2.51. The molecule has 0 bridgehead atoms. The average Bonchev–Trinajstić information content (AvgIpc) is 2.74. The third-order valence-corrected chi connectivity index (χ3v) is 5.18. The first-order valence-corrected chi connectivity index (χ1v) is 6.92. The van der Waals surface area contributed by atoms with Crippen LogP contribution in [0.15, 0.2) is 12.1 Å². The summed E-state index contributed by atoms with van der Waals surface area (Å²) in [4.78, 5) is 22.6. The number of nitrogens with one attached hydrogen (secondary N) is 1. The van der Waals surface area contributed by atoms with Crippen molar-refractivity contribution in [3.63, 3.8) is 0 Å². The SMILES string of the molecule is CC1(C)C(NC(=O)c2cc(Cl)c(N)c([N+](=O)[O-])c2)C1(C)C. The zero-order valence-electron chi connectivity index (χ0n) is 12.4. The molecule has 21 heavy (non-hydrogen) atoms. The van der Waals surface area contributed by atoms with E-state index in [4.69, 9.17) is 17.3 Å². The fraction of sp³-hybridized carbons (Fsp3) is 0.500. The van der Waals surface area contributed by atoms with Crippen molar-refractivity contribution in [3.8, 4) is 0 Å². The number of nitrogens with two attached hydrogens (primary N) is 1. The molecule has 0 atom stereocenters. The Hall–Kier alpha value is -1.82. The molecule has 1 fully saturated rings. The van der Waals surface area contributed by atoms with Gasteiger partial charge in [-0.25, -0.2) is 0 Å². The number of carbonyl (C=O) groups is 1. The fourth-order valence-corrected chi connectivity index (χ4v) is 2.87. The van der Waals surface area contributed by atoms with Crippen LogP contribution in [0.3, 0.4) is 0 Å². The lowest BCUT2D eigenvalue weighted by atomic mass is 10.0. The third-order valence-electron chi connectivity index (χ3n) is 4.86. The number of nitro benzene ring substituents is 1. The van der Waals surface area contributed by atoms with E-state index >= 15 is 0 Å². The Balaban J connectivity index is 2.28. The summed E-state index contributed by atoms with van der Waals surface area (Å²) in [6.45, 7) is 8.26. The van der Waals surface area contributed by atoms with Crippen molar-refractivity contribution in [2.45, 2.75) is 33.7 Å². The Morgan fingerprint density at radius 1 is 1.33 bits per heavy atom. The van der Waals surface area contributed by atoms with Gasteiger partial charge in [0.2, 0.25) is 0 Å². The van der Waals surface area contributed by atoms with E-state index < -0.39 is 4.92 Å². The summed E-state index contributed by atoms with van der Waals surface area (Å²) in [5, 5.41) is 13.8. The lowest BCUT2D eigenvalue weighted by Gasteiger charge is -2.08. The summed E-state index contributed by atoms with van der Waals surface area (Å²) in [5.41, 5.74) is 5.15. The van der Waals surface area contributed by atoms with Crippen molar-refractivity contribution in [1.82, 2.24) is 5.32 Å². The molecule has 1 aliphatic carbocycles. The Labute approximate surface area is 127 Å². The summed E-state index contributed by atoms with van der Waals surface area (Å²) >= 11 is 5.86. The Bertz CT molecular complexity index is 627. The highest BCUT2D eigenvalue weighted by Crippen LogP contribution is 2.62. The second kappa shape index (κ2) is 4.59. The molecule has 0 aliphatic heterocycles. The Morgan fingerprint density at radius 3 is 2.29 bits per heavy atom. The van der Waals surface area contributed by atoms with Gasteiger partial charge in [-0.05, 0) is 16.9 Å². The molecule has 2 rings (SSSR count). The minimum Gasteiger partial charge on any atom is -0.392 e. The molecule has 7 heteroatoms. The predicted octanol–water partition coefficient (Wildman–Crippen LogP) is 2.99. The number of benzene rings is 1. The van der Waals surface area contributed by atoms with E-state index in [1.807, 2.05) is 0 Å². The minimum absolute atomic E-state index is 0.00340. The molecular weight excluding hydrogens is 294 g/mol. The monoisotopic (exact) mass is 311 g/mol. The van der Waals surface area contributed by atoms with Crippen LogP contribution in [-0.4, -0.2) is 16.9 Å². The molecule has 3 N–H and O–H groups in total. The molecule has 0 heterocycles. The van der Waals surface area contributed by atoms with Gasteiger partial charge in [-0.3, -0.25) is 14.9 Å². The molecule has 114 valence electrons. The summed E-state index contributed by atoms with van der Waals surface area (Å²) in [7, 11) is 0. The number of nitrogens with zero attached hydrogens (tertiary/aromatic N) is 1. The first kappa shape index (κ1) is 15.6. The van der Waals surface area contributed by atoms with E-state index in [9.17, 15) is 14.9 Å². The van der Waals surface area contributed by atoms with Gasteiger partial charge in [0.05, 0.1) is 9.95 Å². The van der Waals surface area contributed by atoms with Gasteiger partial charge in [0.25, 0.3) is 11.6 Å². The molecule has 1 amide bonds. The van der Waals surface area contributed by atoms with Crippen LogP contribution in [0.2, 0.25) is 5.02 Å². The van der Waals surface area contributed by atoms with Gasteiger partial charge in [-0.2, -0.15) is 0 Å². The first-order valence-electron chi connectivity index (χ1n) is 6.54. The number of anilines is 1. The summed E-state index contributed by atoms with van der Waals surface area (Å²) in [5.74, 6) is -0.386. The highest BCUT2D eigenvalue weighted by Gasteiger charge is 2.65. The average molecular weight is 312 g/mol. The zero-order valence-corrected chi connectivity index (χ0v) is 13.1. The number of halogens is 1. The van der Waals surface area contributed by atoms with E-state index in [-0.39, 0.29) is 44.7 Å². The van der Waals surface area contributed by atoms with Crippen LogP contribution < -0.4 is 11.1 Å². The maximum atomic E-state index is 12.3. The van der Waals surface area contributed by atoms with Crippen LogP contribution in [0.25, 0.3) is 0 Å². The van der Waals surface area contributed by atoms with Gasteiger partial charge < -0.3 is 11.1 Å². The van der Waals surface area contributed by atoms with Gasteiger partial charge >= 0.3 is 0 Å². The molecule has 0 aromatic heterocycles. The summed E-state index contributed by atoms with van der Waals surface area (Å²) < 4.78 is 0. The number of nitro groups is 1. The maximum absolute atomic E-state index is 12.3. The molecule has 1 aromatic rings. The van der Waals surface area contributed by atoms with Crippen LogP contribution in [-0.2, 0) is 0 Å². The van der Waals surface area contributed by atoms with Crippen molar-refractivity contribution < 1.29 is 9.72 Å². The van der Waals surface area contributed by atoms with Crippen LogP contribution >= 0.6 is 11.6 Å². The van der Waals surface area contributed by atoms with Crippen LogP contribution in [0.1, 0.15) is 38.1 Å². The Kier molecular flexibility index (Phi) is 3.40. The lowest BCUT2D eigenvalue weighted by molar-refractivity contribution is -0.383. The van der Waals surface area contributed by atoms with E-state index in [2.05, 4.69) is 33.0 Å². The Morgan fingerprint density at radius 2 is 1.86 bits per heavy atom. The topological polar surface area (TPSA) is 98.3 Å². The third kappa shape index (κ3) is 2.33. The molecule has 6 nitrogen and oxygen atoms in total. The zero-order chi connectivity index (χ0) is 16.2. The molecule has 0 unspecified atom stereocenters. The largest absolute Gasteiger partial charge is 0.392 e. The normalized spacial score (nSPS) is 19.1. The van der Waals surface area contributed by atoms with Crippen molar-refractivity contribution in [1.29, 1.82) is 0 Å². The van der Waals surface area contributed by atoms with Gasteiger partial charge in [0.15, 0.2) is 0 Å². The standard InChI is InChI=1S/C14H18ClN3O3/c1-13(2)12(14(13,3)4)17-11(19)7-5-8(15)10(16)9(6-7)18(20)21/h5-6,12H,16H2,1-4H3,(H,17,19). The number of amides is 1. The molecule has 1 aliphatic rings. The number of nitrogen functional groups attached to an aromatic ring is 1. The molecule has 0 saturated heterocycles. The smallest absolute Gasteiger partial charge is 0.294 e. The van der Waals surface area contributed by atoms with Crippen molar-refractivity contribution in [2.24, 2.45) is 10.8 Å². The molecule has 0 radical (unpaired) electrons. The predicted molar refractivity (Wildman–Crippen MR) is 81.3 cm³/mol. The number of hydrogen-bond donors (Lipinski definition) is 2. The highest BCUT2D eigenvalue weighted by molar-refractivity contribution is 6.34. The van der Waals surface area contributed by atoms with Crippen LogP contribution in [0, 0.1) is 20.9 Å². The number of carbonyl (C=O) groups excluding carboxylic acids is 1. The highest BCUT2D eigenvalue weighted by atomic mass is 35.5. The van der Waals surface area contributed by atoms with Gasteiger partial charge in [0, 0.05) is 17.7 Å². The van der Waals surface area contributed by atoms with Crippen molar-refractivity contribution in [2.75, 3.05) is 5.73 Å². The quantitative estimate of drug-likeness (QED) is 0.509. The van der Waals surface area contributed by atoms with E-state index in [0.29, 0.717) is 0 Å². The van der Waals surface area contributed by atoms with Crippen molar-refractivity contribution in [3.05, 3.63) is 32.8 Å². The fourth-order valence-electron chi connectivity index (χ4n) is 2.66. The van der Waals surface area contributed by atoms with Crippen molar-refractivity contribution >= 4 is 28.9 Å². The van der Waals surface area contributed by atoms with E-state index in [0.717, 1.165) is 6.07 Å². The van der Waals surface area contributed by atoms with Crippen LogP contribution in [0.5, 0.6) is 0 Å². The van der Waals surface area contributed by atoms with Gasteiger partial charge in [-0.1, -0.05) is 39.3 Å². The molecule has 1 saturated carbocycles. The summed E-state index contributed by atoms with van der Waals surface area (Å²) in [6.07, 6.45) is 0. The number of rotatable bonds is 3. The molecular formula is C14H18ClN3O3. The van der Waals surface area contributed by atoms with E-state index in [1.165, 1.54) is 6.07 Å². The maximum Gasteiger partial charge on any atom is 0.294 e. The van der Waals surface area contributed by atoms with E-state index in [1.54, 1.807) is 0 Å². The van der Waals surface area contributed by atoms with Gasteiger partial charge in [0.1, 0.15) is 5.69 Å². The lowest BCUT2D eigenvalue weighted by Crippen LogP contribution is -2.29. The second-order valence-electron chi connectivity index (χ2n) is 6.50. The molecule has 1 aromatic carbocycles. The number of hydrogen-bond acceptors (Lipinski definition) is 4. The van der Waals surface area contributed by atoms with Crippen LogP contribution in [0.4, 0.5) is 11.4 Å². The minimum atomic E-state index is -0.650. The first-order chi connectivity index (χ1) is 9.50. The molecule has 0 spiro atoms. The van der Waals surface area contributed by atoms with Gasteiger partial charge in [-0.15, -0.1) is 0 Å².